The second kappa shape index (κ2) is 4.15. The van der Waals surface area contributed by atoms with Gasteiger partial charge < -0.3 is 0 Å². The fraction of sp³-hybridized carbons (Fsp3) is 0. The third-order valence-electron chi connectivity index (χ3n) is 2.73. The van der Waals surface area contributed by atoms with Crippen molar-refractivity contribution in [3.8, 4) is 0 Å². The maximum absolute atomic E-state index is 5.99. The Bertz CT molecular complexity index is 594. The maximum Gasteiger partial charge on any atom is 0.155 e. The van der Waals surface area contributed by atoms with E-state index in [1.54, 1.807) is 12.3 Å². The lowest BCUT2D eigenvalue weighted by molar-refractivity contribution is 1.29. The largest absolute Gasteiger partial charge is 0.261 e. The average molecular weight is 243 g/mol. The number of aromatic nitrogens is 1. The number of hydrogen-bond donors (Lipinski definition) is 0. The van der Waals surface area contributed by atoms with Crippen LogP contribution in [0.15, 0.2) is 48.7 Å². The van der Waals surface area contributed by atoms with Crippen molar-refractivity contribution in [2.45, 2.75) is 0 Å². The molecule has 1 heterocycles. The summed E-state index contributed by atoms with van der Waals surface area (Å²) in [6, 6.07) is 0. The highest BCUT2D eigenvalue weighted by atomic mass is 35.5. The number of aliphatic imine (C=N–C) groups is 1. The van der Waals surface area contributed by atoms with Crippen LogP contribution in [0.4, 0.5) is 5.69 Å². The fourth-order valence-electron chi connectivity index (χ4n) is 1.92. The Balaban J connectivity index is 2.83. The molecular weight excluding hydrogens is 232 g/mol. The number of allylic oxidation sites excluding steroid dienone is 5. The van der Waals surface area contributed by atoms with E-state index in [2.05, 4.69) is 36.4 Å². The lowest BCUT2D eigenvalue weighted by Gasteiger charge is -2.04. The van der Waals surface area contributed by atoms with E-state index in [4.69, 9.17) is 11.6 Å². The van der Waals surface area contributed by atoms with Crippen LogP contribution in [-0.2, 0) is 0 Å². The summed E-state index contributed by atoms with van der Waals surface area (Å²) in [5.74, 6) is 0. The van der Waals surface area contributed by atoms with Crippen molar-refractivity contribution in [3.63, 3.8) is 0 Å². The van der Waals surface area contributed by atoms with Crippen molar-refractivity contribution in [2.24, 2.45) is 4.99 Å². The number of nitrogens with zero attached hydrogens (tertiary/aromatic N) is 2. The summed E-state index contributed by atoms with van der Waals surface area (Å²) in [4.78, 5) is 8.02. The van der Waals surface area contributed by atoms with Crippen LogP contribution in [0, 0.1) is 0 Å². The molecule has 0 fully saturated rings. The summed E-state index contributed by atoms with van der Waals surface area (Å²) in [6.45, 7) is 15.2. The van der Waals surface area contributed by atoms with Crippen molar-refractivity contribution in [3.05, 3.63) is 59.9 Å². The highest BCUT2D eigenvalue weighted by Crippen LogP contribution is 2.48. The Hall–Kier alpha value is -1.93. The van der Waals surface area contributed by atoms with Crippen molar-refractivity contribution >= 4 is 35.2 Å². The zero-order chi connectivity index (χ0) is 12.6. The number of rotatable bonds is 2. The second-order valence-corrected chi connectivity index (χ2v) is 3.98. The van der Waals surface area contributed by atoms with Crippen LogP contribution >= 0.6 is 11.6 Å². The lowest BCUT2D eigenvalue weighted by atomic mass is 10.1. The molecule has 0 saturated carbocycles. The quantitative estimate of drug-likeness (QED) is 0.563. The Labute approximate surface area is 105 Å². The van der Waals surface area contributed by atoms with Crippen molar-refractivity contribution in [1.82, 2.24) is 4.98 Å². The van der Waals surface area contributed by atoms with E-state index in [9.17, 15) is 0 Å². The van der Waals surface area contributed by atoms with Crippen LogP contribution < -0.4 is 0 Å². The van der Waals surface area contributed by atoms with Crippen LogP contribution in [0.2, 0.25) is 5.15 Å². The van der Waals surface area contributed by atoms with Crippen LogP contribution in [0.1, 0.15) is 11.1 Å². The van der Waals surface area contributed by atoms with E-state index in [0.717, 1.165) is 27.8 Å². The third kappa shape index (κ3) is 1.58. The van der Waals surface area contributed by atoms with E-state index < -0.39 is 0 Å². The molecule has 84 valence electrons. The van der Waals surface area contributed by atoms with Gasteiger partial charge in [0.2, 0.25) is 0 Å². The smallest absolute Gasteiger partial charge is 0.155 e. The molecule has 0 unspecified atom stereocenters. The minimum atomic E-state index is 0.326. The number of fused-ring (bicyclic) bond motifs is 1. The van der Waals surface area contributed by atoms with E-state index in [1.807, 2.05) is 6.08 Å². The first kappa shape index (κ1) is 11.6. The topological polar surface area (TPSA) is 25.2 Å². The number of pyridine rings is 1. The molecule has 0 radical (unpaired) electrons. The molecule has 0 bridgehead atoms. The summed E-state index contributed by atoms with van der Waals surface area (Å²) in [6.07, 6.45) is 5.28. The first-order valence-corrected chi connectivity index (χ1v) is 5.36. The van der Waals surface area contributed by atoms with Gasteiger partial charge >= 0.3 is 0 Å². The lowest BCUT2D eigenvalue weighted by Crippen LogP contribution is -1.86. The maximum atomic E-state index is 5.99. The predicted molar refractivity (Wildman–Crippen MR) is 74.8 cm³/mol. The number of halogens is 1. The molecule has 1 aromatic rings. The van der Waals surface area contributed by atoms with Gasteiger partial charge in [0.05, 0.1) is 0 Å². The second-order valence-electron chi connectivity index (χ2n) is 3.62. The van der Waals surface area contributed by atoms with Gasteiger partial charge in [-0.25, -0.2) is 4.98 Å². The molecule has 1 aliphatic carbocycles. The van der Waals surface area contributed by atoms with Gasteiger partial charge in [-0.15, -0.1) is 0 Å². The Morgan fingerprint density at radius 2 is 2.00 bits per heavy atom. The molecule has 0 aromatic carbocycles. The van der Waals surface area contributed by atoms with Gasteiger partial charge in [-0.3, -0.25) is 4.99 Å². The predicted octanol–water partition coefficient (Wildman–Crippen LogP) is 4.22. The summed E-state index contributed by atoms with van der Waals surface area (Å²) in [5, 5.41) is 0.326. The van der Waals surface area contributed by atoms with Crippen molar-refractivity contribution in [1.29, 1.82) is 0 Å². The van der Waals surface area contributed by atoms with Crippen LogP contribution in [-0.4, -0.2) is 11.7 Å². The van der Waals surface area contributed by atoms with Gasteiger partial charge in [0.1, 0.15) is 5.69 Å². The molecule has 1 aliphatic rings. The van der Waals surface area contributed by atoms with Gasteiger partial charge in [-0.1, -0.05) is 43.5 Å². The van der Waals surface area contributed by atoms with Crippen LogP contribution in [0.25, 0.3) is 11.1 Å². The molecule has 0 amide bonds. The van der Waals surface area contributed by atoms with Gasteiger partial charge in [-0.2, -0.15) is 0 Å². The first-order chi connectivity index (χ1) is 8.11. The van der Waals surface area contributed by atoms with Crippen LogP contribution in [0.5, 0.6) is 0 Å². The Kier molecular flexibility index (Phi) is 2.82. The van der Waals surface area contributed by atoms with E-state index in [-0.39, 0.29) is 0 Å². The molecule has 0 saturated heterocycles. The minimum absolute atomic E-state index is 0.326. The summed E-state index contributed by atoms with van der Waals surface area (Å²) in [7, 11) is 0. The standard InChI is InChI=1S/C14H11ClN2/c1-5-6-10-8(2)9(3)12-11(10)7-17-14(15)13(12)16-4/h5-7H,1-4H2/b10-6+. The van der Waals surface area contributed by atoms with Gasteiger partial charge in [-0.05, 0) is 23.4 Å². The molecule has 0 aliphatic heterocycles. The van der Waals surface area contributed by atoms with E-state index in [0.29, 0.717) is 10.8 Å². The fourth-order valence-corrected chi connectivity index (χ4v) is 2.12. The molecule has 3 heteroatoms. The molecular formula is C14H11ClN2. The molecule has 2 nitrogen and oxygen atoms in total. The van der Waals surface area contributed by atoms with Gasteiger partial charge in [0.25, 0.3) is 0 Å². The van der Waals surface area contributed by atoms with E-state index >= 15 is 0 Å². The molecule has 0 spiro atoms. The van der Waals surface area contributed by atoms with E-state index in [1.165, 1.54) is 0 Å². The summed E-state index contributed by atoms with van der Waals surface area (Å²) < 4.78 is 0. The summed E-state index contributed by atoms with van der Waals surface area (Å²) >= 11 is 5.99. The van der Waals surface area contributed by atoms with Gasteiger partial charge in [0.15, 0.2) is 5.15 Å². The Morgan fingerprint density at radius 3 is 2.59 bits per heavy atom. The normalized spacial score (nSPS) is 16.2. The molecule has 2 rings (SSSR count). The SMILES string of the molecule is C=C/C=C1\C(=C)C(=C)c2c1cnc(Cl)c2N=C. The zero-order valence-corrected chi connectivity index (χ0v) is 10.1. The molecule has 17 heavy (non-hydrogen) atoms. The molecule has 0 N–H and O–H groups in total. The first-order valence-electron chi connectivity index (χ1n) is 4.99. The van der Waals surface area contributed by atoms with Crippen molar-refractivity contribution < 1.29 is 0 Å². The third-order valence-corrected chi connectivity index (χ3v) is 3.01. The summed E-state index contributed by atoms with van der Waals surface area (Å²) in [5.41, 5.74) is 4.94. The minimum Gasteiger partial charge on any atom is -0.261 e. The average Bonchev–Trinajstić information content (AvgIpc) is 2.55. The van der Waals surface area contributed by atoms with Crippen molar-refractivity contribution in [2.75, 3.05) is 0 Å². The number of hydrogen-bond acceptors (Lipinski definition) is 2. The highest BCUT2D eigenvalue weighted by Gasteiger charge is 2.27. The van der Waals surface area contributed by atoms with Crippen LogP contribution in [0.3, 0.4) is 0 Å². The monoisotopic (exact) mass is 242 g/mol. The molecule has 0 atom stereocenters. The molecule has 1 aromatic heterocycles. The zero-order valence-electron chi connectivity index (χ0n) is 9.33. The van der Waals surface area contributed by atoms with Gasteiger partial charge in [0, 0.05) is 17.3 Å². The highest BCUT2D eigenvalue weighted by molar-refractivity contribution is 6.32. The Morgan fingerprint density at radius 1 is 1.29 bits per heavy atom.